The molecule has 0 aliphatic heterocycles. The predicted molar refractivity (Wildman–Crippen MR) is 64.3 cm³/mol. The second kappa shape index (κ2) is 5.26. The van der Waals surface area contributed by atoms with Crippen molar-refractivity contribution >= 4 is 11.4 Å². The van der Waals surface area contributed by atoms with Crippen LogP contribution in [0.15, 0.2) is 29.1 Å². The number of aromatic nitrogens is 2. The highest BCUT2D eigenvalue weighted by Gasteiger charge is 2.13. The summed E-state index contributed by atoms with van der Waals surface area (Å²) in [6.45, 7) is 2.32. The zero-order valence-electron chi connectivity index (χ0n) is 9.79. The van der Waals surface area contributed by atoms with E-state index in [2.05, 4.69) is 20.0 Å². The fourth-order valence-corrected chi connectivity index (χ4v) is 1.55. The standard InChI is InChI=1S/C11H12N4O3/c1-8-2-3-9(10(6-8)15(16)17)12-5-4-11-13-7-18-14-11/h2-3,6-7,12H,4-5H2,1H3. The third-order valence-electron chi connectivity index (χ3n) is 2.42. The quantitative estimate of drug-likeness (QED) is 0.641. The number of hydrogen-bond acceptors (Lipinski definition) is 6. The van der Waals surface area contributed by atoms with Gasteiger partial charge in [0.25, 0.3) is 5.69 Å². The van der Waals surface area contributed by atoms with Crippen LogP contribution < -0.4 is 5.32 Å². The first-order valence-electron chi connectivity index (χ1n) is 5.41. The van der Waals surface area contributed by atoms with Crippen molar-refractivity contribution in [3.63, 3.8) is 0 Å². The molecule has 94 valence electrons. The van der Waals surface area contributed by atoms with E-state index in [0.29, 0.717) is 24.5 Å². The van der Waals surface area contributed by atoms with Crippen molar-refractivity contribution in [2.75, 3.05) is 11.9 Å². The zero-order chi connectivity index (χ0) is 13.0. The molecule has 0 atom stereocenters. The molecule has 18 heavy (non-hydrogen) atoms. The number of rotatable bonds is 5. The molecular formula is C11H12N4O3. The number of nitrogens with one attached hydrogen (secondary N) is 1. The minimum absolute atomic E-state index is 0.0723. The van der Waals surface area contributed by atoms with Gasteiger partial charge < -0.3 is 9.84 Å². The Morgan fingerprint density at radius 3 is 3.00 bits per heavy atom. The Bertz CT molecular complexity index is 539. The van der Waals surface area contributed by atoms with Crippen LogP contribution in [0, 0.1) is 17.0 Å². The molecule has 0 amide bonds. The molecule has 1 N–H and O–H groups in total. The summed E-state index contributed by atoms with van der Waals surface area (Å²) >= 11 is 0. The Morgan fingerprint density at radius 2 is 2.33 bits per heavy atom. The molecule has 0 unspecified atom stereocenters. The van der Waals surface area contributed by atoms with Crippen LogP contribution in [0.2, 0.25) is 0 Å². The second-order valence-electron chi connectivity index (χ2n) is 3.80. The smallest absolute Gasteiger partial charge is 0.292 e. The van der Waals surface area contributed by atoms with E-state index in [-0.39, 0.29) is 5.69 Å². The van der Waals surface area contributed by atoms with Gasteiger partial charge in [-0.1, -0.05) is 11.2 Å². The minimum atomic E-state index is -0.399. The van der Waals surface area contributed by atoms with Crippen LogP contribution in [-0.4, -0.2) is 21.6 Å². The molecule has 0 bridgehead atoms. The first-order valence-corrected chi connectivity index (χ1v) is 5.41. The number of aryl methyl sites for hydroxylation is 1. The van der Waals surface area contributed by atoms with Gasteiger partial charge in [-0.15, -0.1) is 0 Å². The molecule has 0 spiro atoms. The van der Waals surface area contributed by atoms with Crippen LogP contribution in [0.5, 0.6) is 0 Å². The number of benzene rings is 1. The van der Waals surface area contributed by atoms with Crippen LogP contribution in [0.3, 0.4) is 0 Å². The number of nitro benzene ring substituents is 1. The van der Waals surface area contributed by atoms with Crippen LogP contribution >= 0.6 is 0 Å². The monoisotopic (exact) mass is 248 g/mol. The Morgan fingerprint density at radius 1 is 1.50 bits per heavy atom. The van der Waals surface area contributed by atoms with E-state index in [1.54, 1.807) is 6.07 Å². The molecule has 1 aromatic carbocycles. The summed E-state index contributed by atoms with van der Waals surface area (Å²) in [7, 11) is 0. The maximum absolute atomic E-state index is 10.9. The van der Waals surface area contributed by atoms with E-state index in [1.807, 2.05) is 13.0 Å². The normalized spacial score (nSPS) is 10.3. The lowest BCUT2D eigenvalue weighted by molar-refractivity contribution is -0.384. The molecule has 1 heterocycles. The minimum Gasteiger partial charge on any atom is -0.379 e. The molecule has 0 aliphatic carbocycles. The van der Waals surface area contributed by atoms with E-state index in [4.69, 9.17) is 0 Å². The van der Waals surface area contributed by atoms with Gasteiger partial charge in [0.2, 0.25) is 6.39 Å². The van der Waals surface area contributed by atoms with E-state index in [1.165, 1.54) is 12.5 Å². The molecule has 7 nitrogen and oxygen atoms in total. The summed E-state index contributed by atoms with van der Waals surface area (Å²) in [5, 5.41) is 17.5. The Balaban J connectivity index is 2.02. The Kier molecular flexibility index (Phi) is 3.52. The van der Waals surface area contributed by atoms with Crippen molar-refractivity contribution in [2.24, 2.45) is 0 Å². The van der Waals surface area contributed by atoms with Crippen LogP contribution in [-0.2, 0) is 6.42 Å². The number of anilines is 1. The van der Waals surface area contributed by atoms with Crippen molar-refractivity contribution < 1.29 is 9.45 Å². The predicted octanol–water partition coefficient (Wildman–Crippen LogP) is 1.94. The van der Waals surface area contributed by atoms with Crippen molar-refractivity contribution in [1.29, 1.82) is 0 Å². The summed E-state index contributed by atoms with van der Waals surface area (Å²) in [5.41, 5.74) is 1.42. The fraction of sp³-hybridized carbons (Fsp3) is 0.273. The van der Waals surface area contributed by atoms with Gasteiger partial charge in [0.15, 0.2) is 5.82 Å². The summed E-state index contributed by atoms with van der Waals surface area (Å²) in [4.78, 5) is 14.4. The lowest BCUT2D eigenvalue weighted by Crippen LogP contribution is -2.07. The van der Waals surface area contributed by atoms with E-state index in [9.17, 15) is 10.1 Å². The molecule has 0 saturated carbocycles. The van der Waals surface area contributed by atoms with Crippen LogP contribution in [0.1, 0.15) is 11.4 Å². The summed E-state index contributed by atoms with van der Waals surface area (Å²) in [6, 6.07) is 5.06. The van der Waals surface area contributed by atoms with Gasteiger partial charge in [-0.25, -0.2) is 0 Å². The maximum Gasteiger partial charge on any atom is 0.292 e. The topological polar surface area (TPSA) is 94.1 Å². The summed E-state index contributed by atoms with van der Waals surface area (Å²) in [5.74, 6) is 0.567. The van der Waals surface area contributed by atoms with Gasteiger partial charge in [0.1, 0.15) is 5.69 Å². The Labute approximate surface area is 103 Å². The van der Waals surface area contributed by atoms with Crippen molar-refractivity contribution in [2.45, 2.75) is 13.3 Å². The molecule has 0 fully saturated rings. The van der Waals surface area contributed by atoms with Gasteiger partial charge in [-0.2, -0.15) is 4.98 Å². The molecular weight excluding hydrogens is 236 g/mol. The second-order valence-corrected chi connectivity index (χ2v) is 3.80. The highest BCUT2D eigenvalue weighted by atomic mass is 16.6. The van der Waals surface area contributed by atoms with Crippen molar-refractivity contribution in [3.8, 4) is 0 Å². The molecule has 0 aliphatic rings. The zero-order valence-corrected chi connectivity index (χ0v) is 9.79. The molecule has 2 aromatic rings. The van der Waals surface area contributed by atoms with Crippen LogP contribution in [0.25, 0.3) is 0 Å². The maximum atomic E-state index is 10.9. The number of nitro groups is 1. The average molecular weight is 248 g/mol. The highest BCUT2D eigenvalue weighted by molar-refractivity contribution is 5.62. The number of hydrogen-bond donors (Lipinski definition) is 1. The largest absolute Gasteiger partial charge is 0.379 e. The third kappa shape index (κ3) is 2.82. The van der Waals surface area contributed by atoms with Gasteiger partial charge in [-0.3, -0.25) is 10.1 Å². The highest BCUT2D eigenvalue weighted by Crippen LogP contribution is 2.24. The first-order chi connectivity index (χ1) is 8.66. The lowest BCUT2D eigenvalue weighted by atomic mass is 10.2. The Hall–Kier alpha value is -2.44. The summed E-state index contributed by atoms with van der Waals surface area (Å²) in [6.07, 6.45) is 1.80. The van der Waals surface area contributed by atoms with Crippen LogP contribution in [0.4, 0.5) is 11.4 Å². The van der Waals surface area contributed by atoms with Gasteiger partial charge >= 0.3 is 0 Å². The first kappa shape index (κ1) is 12.0. The SMILES string of the molecule is Cc1ccc(NCCc2ncon2)c([N+](=O)[O-])c1. The van der Waals surface area contributed by atoms with E-state index in [0.717, 1.165) is 5.56 Å². The molecule has 7 heteroatoms. The molecule has 1 aromatic heterocycles. The van der Waals surface area contributed by atoms with Gasteiger partial charge in [0.05, 0.1) is 4.92 Å². The van der Waals surface area contributed by atoms with Gasteiger partial charge in [-0.05, 0) is 18.6 Å². The van der Waals surface area contributed by atoms with E-state index < -0.39 is 4.92 Å². The molecule has 0 radical (unpaired) electrons. The van der Waals surface area contributed by atoms with E-state index >= 15 is 0 Å². The molecule has 0 saturated heterocycles. The number of nitrogens with zero attached hydrogens (tertiary/aromatic N) is 3. The summed E-state index contributed by atoms with van der Waals surface area (Å²) < 4.78 is 4.60. The fourth-order valence-electron chi connectivity index (χ4n) is 1.55. The van der Waals surface area contributed by atoms with Crippen molar-refractivity contribution in [3.05, 3.63) is 46.1 Å². The third-order valence-corrected chi connectivity index (χ3v) is 2.42. The average Bonchev–Trinajstić information content (AvgIpc) is 2.84. The lowest BCUT2D eigenvalue weighted by Gasteiger charge is -2.06. The molecule has 2 rings (SSSR count). The van der Waals surface area contributed by atoms with Crippen molar-refractivity contribution in [1.82, 2.24) is 10.1 Å². The van der Waals surface area contributed by atoms with Gasteiger partial charge in [0, 0.05) is 19.0 Å².